The second-order valence-corrected chi connectivity index (χ2v) is 2.16. The number of hydrogen-bond donors (Lipinski definition) is 2. The van der Waals surface area contributed by atoms with Gasteiger partial charge in [-0.1, -0.05) is 12.1 Å². The fraction of sp³-hybridized carbons (Fsp3) is 0. The minimum atomic E-state index is -1.23. The van der Waals surface area contributed by atoms with E-state index in [2.05, 4.69) is 0 Å². The van der Waals surface area contributed by atoms with Crippen LogP contribution in [0.4, 0.5) is 0 Å². The van der Waals surface area contributed by atoms with Crippen molar-refractivity contribution in [2.75, 3.05) is 0 Å². The largest absolute Gasteiger partial charge is 1.00 e. The van der Waals surface area contributed by atoms with Gasteiger partial charge in [0.2, 0.25) is 0 Å². The van der Waals surface area contributed by atoms with E-state index >= 15 is 0 Å². The van der Waals surface area contributed by atoms with E-state index in [1.165, 1.54) is 24.3 Å². The van der Waals surface area contributed by atoms with Gasteiger partial charge in [0.1, 0.15) is 0 Å². The third-order valence-corrected chi connectivity index (χ3v) is 1.39. The molecule has 0 spiro atoms. The summed E-state index contributed by atoms with van der Waals surface area (Å²) in [5, 5.41) is 17.1. The van der Waals surface area contributed by atoms with Crippen molar-refractivity contribution in [1.29, 1.82) is 0 Å². The maximum absolute atomic E-state index is 10.5. The molecule has 72 valence electrons. The molecular formula is C8H8ClKO4. The van der Waals surface area contributed by atoms with E-state index in [1.54, 1.807) is 0 Å². The number of aromatic carboxylic acids is 2. The molecular weight excluding hydrogens is 235 g/mol. The molecule has 1 aromatic rings. The fourth-order valence-electron chi connectivity index (χ4n) is 0.856. The Bertz CT molecular complexity index is 312. The van der Waals surface area contributed by atoms with E-state index in [1.807, 2.05) is 0 Å². The van der Waals surface area contributed by atoms with Crippen LogP contribution >= 0.6 is 12.4 Å². The molecule has 2 N–H and O–H groups in total. The Morgan fingerprint density at radius 1 is 1.00 bits per heavy atom. The van der Waals surface area contributed by atoms with E-state index < -0.39 is 11.9 Å². The molecule has 0 saturated heterocycles. The molecule has 0 atom stereocenters. The van der Waals surface area contributed by atoms with E-state index in [9.17, 15) is 9.59 Å². The van der Waals surface area contributed by atoms with E-state index in [4.69, 9.17) is 10.2 Å². The summed E-state index contributed by atoms with van der Waals surface area (Å²) in [6.45, 7) is 0. The first-order chi connectivity index (χ1) is 5.63. The summed E-state index contributed by atoms with van der Waals surface area (Å²) >= 11 is 0. The van der Waals surface area contributed by atoms with Crippen molar-refractivity contribution in [3.8, 4) is 0 Å². The Hall–Kier alpha value is 0.0864. The van der Waals surface area contributed by atoms with Crippen molar-refractivity contribution in [3.63, 3.8) is 0 Å². The molecule has 0 aromatic heterocycles. The molecule has 0 radical (unpaired) electrons. The van der Waals surface area contributed by atoms with Crippen LogP contribution in [0.5, 0.6) is 0 Å². The summed E-state index contributed by atoms with van der Waals surface area (Å²) in [6.07, 6.45) is 0. The Balaban J connectivity index is -0.000000480. The molecule has 0 saturated carbocycles. The molecule has 0 fully saturated rings. The molecule has 0 aliphatic carbocycles. The van der Waals surface area contributed by atoms with Crippen molar-refractivity contribution >= 4 is 24.3 Å². The second kappa shape index (κ2) is 7.39. The second-order valence-electron chi connectivity index (χ2n) is 2.16. The number of carbonyl (C=O) groups is 2. The number of benzene rings is 1. The zero-order chi connectivity index (χ0) is 9.14. The van der Waals surface area contributed by atoms with Gasteiger partial charge in [0.15, 0.2) is 0 Å². The van der Waals surface area contributed by atoms with Crippen molar-refractivity contribution in [2.24, 2.45) is 0 Å². The number of rotatable bonds is 2. The molecule has 0 amide bonds. The van der Waals surface area contributed by atoms with Crippen molar-refractivity contribution in [1.82, 2.24) is 0 Å². The Kier molecular flexibility index (Phi) is 8.71. The van der Waals surface area contributed by atoms with Crippen LogP contribution in [-0.4, -0.2) is 22.2 Å². The Morgan fingerprint density at radius 2 is 1.29 bits per heavy atom. The monoisotopic (exact) mass is 242 g/mol. The molecule has 0 bridgehead atoms. The summed E-state index contributed by atoms with van der Waals surface area (Å²) in [5.41, 5.74) is -0.380. The van der Waals surface area contributed by atoms with Gasteiger partial charge in [0.25, 0.3) is 0 Å². The first-order valence-electron chi connectivity index (χ1n) is 3.18. The molecule has 1 rings (SSSR count). The average Bonchev–Trinajstić information content (AvgIpc) is 2.04. The van der Waals surface area contributed by atoms with Gasteiger partial charge in [0, 0.05) is 0 Å². The molecule has 4 nitrogen and oxygen atoms in total. The molecule has 0 aliphatic rings. The van der Waals surface area contributed by atoms with Crippen LogP contribution in [-0.2, 0) is 0 Å². The van der Waals surface area contributed by atoms with Gasteiger partial charge in [-0.2, -0.15) is 0 Å². The van der Waals surface area contributed by atoms with E-state index in [0.717, 1.165) is 0 Å². The van der Waals surface area contributed by atoms with Gasteiger partial charge >= 0.3 is 63.3 Å². The average molecular weight is 243 g/mol. The van der Waals surface area contributed by atoms with Gasteiger partial charge in [-0.25, -0.2) is 9.59 Å². The van der Waals surface area contributed by atoms with Crippen molar-refractivity contribution in [3.05, 3.63) is 35.4 Å². The molecule has 1 aromatic carbocycles. The summed E-state index contributed by atoms with van der Waals surface area (Å²) in [7, 11) is 0. The fourth-order valence-corrected chi connectivity index (χ4v) is 0.856. The number of carboxylic acids is 2. The van der Waals surface area contributed by atoms with Crippen LogP contribution < -0.4 is 51.4 Å². The Labute approximate surface area is 131 Å². The topological polar surface area (TPSA) is 74.6 Å². The minimum Gasteiger partial charge on any atom is -1.00 e. The van der Waals surface area contributed by atoms with Gasteiger partial charge in [-0.05, 0) is 12.1 Å². The first kappa shape index (κ1) is 16.5. The Morgan fingerprint density at radius 3 is 1.50 bits per heavy atom. The maximum Gasteiger partial charge on any atom is 1.00 e. The molecule has 0 unspecified atom stereocenters. The minimum absolute atomic E-state index is 0. The third-order valence-electron chi connectivity index (χ3n) is 1.39. The van der Waals surface area contributed by atoms with E-state index in [0.29, 0.717) is 0 Å². The summed E-state index contributed by atoms with van der Waals surface area (Å²) in [5.74, 6) is -2.46. The van der Waals surface area contributed by atoms with Crippen LogP contribution in [0, 0.1) is 0 Å². The third kappa shape index (κ3) is 4.08. The van der Waals surface area contributed by atoms with Crippen LogP contribution in [0.1, 0.15) is 22.1 Å². The predicted octanol–water partition coefficient (Wildman–Crippen LogP) is -1.38. The summed E-state index contributed by atoms with van der Waals surface area (Å²) in [6, 6.07) is 5.48. The van der Waals surface area contributed by atoms with Crippen LogP contribution in [0.15, 0.2) is 24.3 Å². The number of hydrogen-bond acceptors (Lipinski definition) is 2. The number of halogens is 1. The van der Waals surface area contributed by atoms with Gasteiger partial charge < -0.3 is 11.6 Å². The standard InChI is InChI=1S/C8H6O4.ClH.K.H/c9-7(10)5-3-1-2-4-6(5)8(11)12;;;/h1-4H,(H,9,10)(H,11,12);1H;;/q;;+1;-1. The SMILES string of the molecule is Cl.O=C(O)c1ccccc1C(=O)O.[H-].[K+]. The smallest absolute Gasteiger partial charge is 1.00 e. The summed E-state index contributed by atoms with van der Waals surface area (Å²) < 4.78 is 0. The zero-order valence-corrected chi connectivity index (χ0v) is 11.4. The maximum atomic E-state index is 10.5. The quantitative estimate of drug-likeness (QED) is 0.627. The van der Waals surface area contributed by atoms with Gasteiger partial charge in [0.05, 0.1) is 11.1 Å². The molecule has 0 heterocycles. The van der Waals surface area contributed by atoms with Crippen LogP contribution in [0.25, 0.3) is 0 Å². The van der Waals surface area contributed by atoms with E-state index in [-0.39, 0.29) is 76.3 Å². The van der Waals surface area contributed by atoms with Gasteiger partial charge in [-0.3, -0.25) is 0 Å². The zero-order valence-electron chi connectivity index (χ0n) is 8.43. The first-order valence-corrected chi connectivity index (χ1v) is 3.18. The molecule has 14 heavy (non-hydrogen) atoms. The summed E-state index contributed by atoms with van der Waals surface area (Å²) in [4.78, 5) is 20.9. The molecule has 0 aliphatic heterocycles. The van der Waals surface area contributed by atoms with Gasteiger partial charge in [-0.15, -0.1) is 12.4 Å². The number of carboxylic acid groups (broad SMARTS) is 2. The molecule has 6 heteroatoms. The van der Waals surface area contributed by atoms with Crippen molar-refractivity contribution < 1.29 is 72.6 Å². The van der Waals surface area contributed by atoms with Crippen LogP contribution in [0.2, 0.25) is 0 Å². The van der Waals surface area contributed by atoms with Crippen LogP contribution in [0.3, 0.4) is 0 Å². The van der Waals surface area contributed by atoms with Crippen molar-refractivity contribution in [2.45, 2.75) is 0 Å². The predicted molar refractivity (Wildman–Crippen MR) is 48.7 cm³/mol. The normalized spacial score (nSPS) is 8.00.